The molecule has 2 heteroatoms. The van der Waals surface area contributed by atoms with Crippen LogP contribution in [0.25, 0.3) is 0 Å². The summed E-state index contributed by atoms with van der Waals surface area (Å²) in [7, 11) is 0. The highest BCUT2D eigenvalue weighted by atomic mass is 16.5. The van der Waals surface area contributed by atoms with E-state index in [1.807, 2.05) is 30.3 Å². The second kappa shape index (κ2) is 3.39. The zero-order valence-electron chi connectivity index (χ0n) is 7.90. The van der Waals surface area contributed by atoms with Crippen LogP contribution in [-0.4, -0.2) is 19.5 Å². The quantitative estimate of drug-likeness (QED) is 0.521. The van der Waals surface area contributed by atoms with Gasteiger partial charge in [0.15, 0.2) is 0 Å². The molecule has 0 radical (unpaired) electrons. The van der Waals surface area contributed by atoms with Crippen molar-refractivity contribution in [3.8, 4) is 0 Å². The first kappa shape index (κ1) is 9.16. The van der Waals surface area contributed by atoms with Gasteiger partial charge in [-0.2, -0.15) is 0 Å². The van der Waals surface area contributed by atoms with E-state index >= 15 is 0 Å². The van der Waals surface area contributed by atoms with Gasteiger partial charge in [-0.1, -0.05) is 36.9 Å². The number of ether oxygens (including phenoxy) is 1. The number of rotatable bonds is 2. The van der Waals surface area contributed by atoms with E-state index in [0.717, 1.165) is 17.4 Å². The fourth-order valence-corrected chi connectivity index (χ4v) is 1.77. The van der Waals surface area contributed by atoms with Crippen LogP contribution in [0.15, 0.2) is 42.5 Å². The van der Waals surface area contributed by atoms with Crippen LogP contribution in [0, 0.1) is 0 Å². The van der Waals surface area contributed by atoms with Crippen LogP contribution in [0.4, 0.5) is 0 Å². The number of benzene rings is 1. The van der Waals surface area contributed by atoms with E-state index in [4.69, 9.17) is 4.74 Å². The number of aldehydes is 1. The van der Waals surface area contributed by atoms with Crippen molar-refractivity contribution in [2.24, 2.45) is 0 Å². The molecule has 0 aliphatic carbocycles. The van der Waals surface area contributed by atoms with Crippen molar-refractivity contribution in [2.75, 3.05) is 13.2 Å². The van der Waals surface area contributed by atoms with E-state index in [-0.39, 0.29) is 0 Å². The Morgan fingerprint density at radius 2 is 2.07 bits per heavy atom. The van der Waals surface area contributed by atoms with Crippen molar-refractivity contribution >= 4 is 6.29 Å². The number of hydrogen-bond acceptors (Lipinski definition) is 2. The smallest absolute Gasteiger partial charge is 0.137 e. The Morgan fingerprint density at radius 1 is 1.36 bits per heavy atom. The Hall–Kier alpha value is -1.41. The van der Waals surface area contributed by atoms with Gasteiger partial charge < -0.3 is 9.53 Å². The van der Waals surface area contributed by atoms with Gasteiger partial charge in [-0.25, -0.2) is 0 Å². The van der Waals surface area contributed by atoms with Crippen LogP contribution >= 0.6 is 0 Å². The third-order valence-corrected chi connectivity index (χ3v) is 2.73. The molecule has 72 valence electrons. The zero-order chi connectivity index (χ0) is 10.0. The molecule has 14 heavy (non-hydrogen) atoms. The molecule has 1 aromatic rings. The summed E-state index contributed by atoms with van der Waals surface area (Å²) in [5.74, 6) is 0. The van der Waals surface area contributed by atoms with Crippen molar-refractivity contribution in [3.63, 3.8) is 0 Å². The minimum Gasteiger partial charge on any atom is -0.375 e. The minimum absolute atomic E-state index is 0.416. The zero-order valence-corrected chi connectivity index (χ0v) is 7.90. The highest BCUT2D eigenvalue weighted by Gasteiger charge is 2.39. The molecule has 0 N–H and O–H groups in total. The number of carbonyl (C=O) groups is 1. The predicted molar refractivity (Wildman–Crippen MR) is 54.1 cm³/mol. The van der Waals surface area contributed by atoms with E-state index < -0.39 is 5.41 Å². The lowest BCUT2D eigenvalue weighted by atomic mass is 9.78. The summed E-state index contributed by atoms with van der Waals surface area (Å²) in [6, 6.07) is 9.65. The molecular weight excluding hydrogens is 176 g/mol. The molecule has 1 aliphatic heterocycles. The fraction of sp³-hybridized carbons (Fsp3) is 0.250. The summed E-state index contributed by atoms with van der Waals surface area (Å²) in [4.78, 5) is 11.2. The van der Waals surface area contributed by atoms with E-state index in [1.54, 1.807) is 0 Å². The fourth-order valence-electron chi connectivity index (χ4n) is 1.77. The van der Waals surface area contributed by atoms with Gasteiger partial charge in [0.1, 0.15) is 6.29 Å². The van der Waals surface area contributed by atoms with Gasteiger partial charge in [0.2, 0.25) is 0 Å². The second-order valence-electron chi connectivity index (χ2n) is 3.55. The molecule has 0 spiro atoms. The Bertz CT molecular complexity index is 356. The molecule has 0 aromatic heterocycles. The Labute approximate surface area is 83.2 Å². The molecule has 2 rings (SSSR count). The summed E-state index contributed by atoms with van der Waals surface area (Å²) in [5.41, 5.74) is 1.21. The van der Waals surface area contributed by atoms with Crippen LogP contribution in [0.3, 0.4) is 0 Å². The van der Waals surface area contributed by atoms with Crippen LogP contribution in [0.2, 0.25) is 0 Å². The van der Waals surface area contributed by atoms with Crippen LogP contribution < -0.4 is 0 Å². The summed E-state index contributed by atoms with van der Waals surface area (Å²) in [6.07, 6.45) is 0.942. The van der Waals surface area contributed by atoms with Gasteiger partial charge in [-0.15, -0.1) is 0 Å². The molecule has 0 bridgehead atoms. The maximum Gasteiger partial charge on any atom is 0.137 e. The maximum atomic E-state index is 11.2. The Kier molecular flexibility index (Phi) is 2.22. The SMILES string of the molecule is C=C1COCC1(C=O)c1ccccc1. The highest BCUT2D eigenvalue weighted by molar-refractivity contribution is 5.75. The van der Waals surface area contributed by atoms with Crippen molar-refractivity contribution in [2.45, 2.75) is 5.41 Å². The van der Waals surface area contributed by atoms with E-state index in [2.05, 4.69) is 6.58 Å². The Morgan fingerprint density at radius 3 is 2.57 bits per heavy atom. The lowest BCUT2D eigenvalue weighted by Gasteiger charge is -2.21. The highest BCUT2D eigenvalue weighted by Crippen LogP contribution is 2.34. The average Bonchev–Trinajstić information content (AvgIpc) is 2.62. The molecule has 1 fully saturated rings. The molecular formula is C12H12O2. The van der Waals surface area contributed by atoms with Gasteiger partial charge >= 0.3 is 0 Å². The largest absolute Gasteiger partial charge is 0.375 e. The van der Waals surface area contributed by atoms with Gasteiger partial charge in [0, 0.05) is 0 Å². The molecule has 0 saturated carbocycles. The van der Waals surface area contributed by atoms with Crippen LogP contribution in [0.5, 0.6) is 0 Å². The van der Waals surface area contributed by atoms with Crippen molar-refractivity contribution in [1.82, 2.24) is 0 Å². The van der Waals surface area contributed by atoms with Gasteiger partial charge in [0.25, 0.3) is 0 Å². The van der Waals surface area contributed by atoms with Crippen LogP contribution in [0.1, 0.15) is 5.56 Å². The van der Waals surface area contributed by atoms with E-state index in [0.29, 0.717) is 13.2 Å². The molecule has 1 unspecified atom stereocenters. The normalized spacial score (nSPS) is 26.4. The van der Waals surface area contributed by atoms with Crippen molar-refractivity contribution in [1.29, 1.82) is 0 Å². The lowest BCUT2D eigenvalue weighted by Crippen LogP contribution is -2.29. The summed E-state index contributed by atoms with van der Waals surface area (Å²) < 4.78 is 5.29. The third-order valence-electron chi connectivity index (χ3n) is 2.73. The molecule has 1 aromatic carbocycles. The summed E-state index contributed by atoms with van der Waals surface area (Å²) >= 11 is 0. The predicted octanol–water partition coefficient (Wildman–Crippen LogP) is 1.71. The van der Waals surface area contributed by atoms with Gasteiger partial charge in [-0.3, -0.25) is 0 Å². The first-order chi connectivity index (χ1) is 6.79. The van der Waals surface area contributed by atoms with Crippen LogP contribution in [-0.2, 0) is 14.9 Å². The minimum atomic E-state index is -0.610. The first-order valence-corrected chi connectivity index (χ1v) is 4.57. The molecule has 1 heterocycles. The van der Waals surface area contributed by atoms with Gasteiger partial charge in [-0.05, 0) is 11.1 Å². The molecule has 2 nitrogen and oxygen atoms in total. The number of carbonyl (C=O) groups excluding carboxylic acids is 1. The molecule has 0 amide bonds. The Balaban J connectivity index is 2.48. The topological polar surface area (TPSA) is 26.3 Å². The van der Waals surface area contributed by atoms with Gasteiger partial charge in [0.05, 0.1) is 18.6 Å². The lowest BCUT2D eigenvalue weighted by molar-refractivity contribution is -0.111. The van der Waals surface area contributed by atoms with Crippen molar-refractivity contribution in [3.05, 3.63) is 48.0 Å². The summed E-state index contributed by atoms with van der Waals surface area (Å²) in [6.45, 7) is 4.79. The average molecular weight is 188 g/mol. The standard InChI is InChI=1S/C12H12O2/c1-10-7-14-9-12(10,8-13)11-5-3-2-4-6-11/h2-6,8H,1,7,9H2. The van der Waals surface area contributed by atoms with E-state index in [9.17, 15) is 4.79 Å². The monoisotopic (exact) mass is 188 g/mol. The maximum absolute atomic E-state index is 11.2. The first-order valence-electron chi connectivity index (χ1n) is 4.57. The molecule has 1 atom stereocenters. The third kappa shape index (κ3) is 1.19. The molecule has 1 saturated heterocycles. The second-order valence-corrected chi connectivity index (χ2v) is 3.55. The van der Waals surface area contributed by atoms with Crippen molar-refractivity contribution < 1.29 is 9.53 Å². The van der Waals surface area contributed by atoms with E-state index in [1.165, 1.54) is 0 Å². The molecule has 1 aliphatic rings. The number of hydrogen-bond donors (Lipinski definition) is 0. The summed E-state index contributed by atoms with van der Waals surface area (Å²) in [5, 5.41) is 0.